The first-order chi connectivity index (χ1) is 42.1. The third-order valence-corrected chi connectivity index (χ3v) is 15.1. The fourth-order valence-corrected chi connectivity index (χ4v) is 9.76. The number of ketones is 4. The SMILES string of the molecule is CCC(=O)[C@H](CCCCNC(=O)CC[C@H](NC(=O)CC[C@H](CC(=O)COCCOCCNC(=O)CC[C@H](CC(=O)CC[C@H](NC(=O)CCCCCCCCCCCCCCCCC(=O)O)C(=O)O)C(=O)O)C(=O)O)C(=O)O)CCC(=O)CCc1cnc[nH]1. The Hall–Kier alpha value is -6.96. The van der Waals surface area contributed by atoms with Crippen molar-refractivity contribution in [3.8, 4) is 0 Å². The smallest absolute Gasteiger partial charge is 0.326 e. The molecule has 0 aliphatic heterocycles. The number of unbranched alkanes of at least 4 members (excludes halogenated alkanes) is 14. The van der Waals surface area contributed by atoms with Gasteiger partial charge in [0, 0.05) is 102 Å². The third kappa shape index (κ3) is 42.8. The van der Waals surface area contributed by atoms with Gasteiger partial charge in [0.05, 0.1) is 38.0 Å². The van der Waals surface area contributed by atoms with E-state index in [0.717, 1.165) is 63.5 Å². The first kappa shape index (κ1) is 79.1. The number of nitrogens with zero attached hydrogens (tertiary/aromatic N) is 1. The van der Waals surface area contributed by atoms with Gasteiger partial charge in [-0.2, -0.15) is 0 Å². The maximum atomic E-state index is 12.7. The predicted molar refractivity (Wildman–Crippen MR) is 321 cm³/mol. The number of carbonyl (C=O) groups excluding carboxylic acids is 8. The Morgan fingerprint density at radius 3 is 1.43 bits per heavy atom. The van der Waals surface area contributed by atoms with Crippen LogP contribution in [0.25, 0.3) is 0 Å². The van der Waals surface area contributed by atoms with Gasteiger partial charge in [-0.15, -0.1) is 0 Å². The predicted octanol–water partition coefficient (Wildman–Crippen LogP) is 6.63. The number of aliphatic carboxylic acids is 5. The van der Waals surface area contributed by atoms with E-state index in [1.165, 1.54) is 25.7 Å². The molecule has 0 saturated heterocycles. The van der Waals surface area contributed by atoms with Crippen LogP contribution in [0, 0.1) is 17.8 Å². The summed E-state index contributed by atoms with van der Waals surface area (Å²) in [4.78, 5) is 165. The first-order valence-electron chi connectivity index (χ1n) is 31.6. The molecule has 0 unspecified atom stereocenters. The average Bonchev–Trinajstić information content (AvgIpc) is 4.11. The van der Waals surface area contributed by atoms with E-state index >= 15 is 0 Å². The van der Waals surface area contributed by atoms with E-state index in [1.54, 1.807) is 19.4 Å². The third-order valence-electron chi connectivity index (χ3n) is 15.1. The number of nitrogens with one attached hydrogen (secondary N) is 5. The van der Waals surface area contributed by atoms with Crippen molar-refractivity contribution >= 4 is 76.6 Å². The highest BCUT2D eigenvalue weighted by Crippen LogP contribution is 2.21. The van der Waals surface area contributed by atoms with Crippen LogP contribution in [-0.4, -0.2) is 164 Å². The van der Waals surface area contributed by atoms with Gasteiger partial charge >= 0.3 is 29.8 Å². The second-order valence-electron chi connectivity index (χ2n) is 22.5. The lowest BCUT2D eigenvalue weighted by Gasteiger charge is -2.16. The van der Waals surface area contributed by atoms with Crippen LogP contribution in [0.3, 0.4) is 0 Å². The maximum absolute atomic E-state index is 12.7. The molecule has 1 aromatic heterocycles. The molecular formula is C62H100N6O20. The molecule has 1 rings (SSSR count). The van der Waals surface area contributed by atoms with E-state index in [2.05, 4.69) is 31.2 Å². The summed E-state index contributed by atoms with van der Waals surface area (Å²) in [7, 11) is 0. The topological polar surface area (TPSA) is 418 Å². The molecule has 26 nitrogen and oxygen atoms in total. The van der Waals surface area contributed by atoms with E-state index < -0.39 is 115 Å². The minimum absolute atomic E-state index is 0.0121. The monoisotopic (exact) mass is 1250 g/mol. The van der Waals surface area contributed by atoms with Crippen molar-refractivity contribution < 1.29 is 97.3 Å². The largest absolute Gasteiger partial charge is 0.481 e. The summed E-state index contributed by atoms with van der Waals surface area (Å²) in [6.45, 7) is 1.54. The lowest BCUT2D eigenvalue weighted by molar-refractivity contribution is -0.145. The average molecular weight is 1250 g/mol. The summed E-state index contributed by atoms with van der Waals surface area (Å²) in [5.41, 5.74) is 0.862. The second-order valence-corrected chi connectivity index (χ2v) is 22.5. The van der Waals surface area contributed by atoms with Gasteiger partial charge in [0.25, 0.3) is 0 Å². The normalized spacial score (nSPS) is 12.8. The molecule has 0 aromatic carbocycles. The fourth-order valence-electron chi connectivity index (χ4n) is 9.76. The number of ether oxygens (including phenoxy) is 2. The van der Waals surface area contributed by atoms with Crippen molar-refractivity contribution in [2.75, 3.05) is 39.5 Å². The molecule has 1 aromatic rings. The lowest BCUT2D eigenvalue weighted by Crippen LogP contribution is -2.42. The molecule has 26 heteroatoms. The highest BCUT2D eigenvalue weighted by Gasteiger charge is 2.27. The van der Waals surface area contributed by atoms with Crippen LogP contribution >= 0.6 is 0 Å². The minimum Gasteiger partial charge on any atom is -0.481 e. The zero-order chi connectivity index (χ0) is 65.3. The van der Waals surface area contributed by atoms with Crippen LogP contribution < -0.4 is 21.3 Å². The number of H-pyrrole nitrogens is 1. The number of hydrogen-bond donors (Lipinski definition) is 10. The number of aryl methyl sites for hydroxylation is 1. The minimum atomic E-state index is -1.44. The van der Waals surface area contributed by atoms with Gasteiger partial charge in [0.1, 0.15) is 36.0 Å². The number of amides is 4. The Kier molecular flexibility index (Phi) is 44.9. The second kappa shape index (κ2) is 50.0. The number of carboxylic acid groups (broad SMARTS) is 5. The van der Waals surface area contributed by atoms with Crippen molar-refractivity contribution in [3.63, 3.8) is 0 Å². The number of Topliss-reactive ketones (excluding diaryl/α,β-unsaturated/α-hetero) is 4. The van der Waals surface area contributed by atoms with Gasteiger partial charge in [0.2, 0.25) is 23.6 Å². The molecule has 0 aliphatic carbocycles. The Bertz CT molecular complexity index is 2280. The summed E-state index contributed by atoms with van der Waals surface area (Å²) in [6.07, 6.45) is 18.6. The van der Waals surface area contributed by atoms with Gasteiger partial charge in [-0.05, 0) is 64.2 Å². The van der Waals surface area contributed by atoms with Crippen LogP contribution in [0.5, 0.6) is 0 Å². The lowest BCUT2D eigenvalue weighted by atomic mass is 9.90. The van der Waals surface area contributed by atoms with E-state index in [0.29, 0.717) is 57.8 Å². The summed E-state index contributed by atoms with van der Waals surface area (Å²) >= 11 is 0. The number of rotatable bonds is 60. The molecule has 0 bridgehead atoms. The van der Waals surface area contributed by atoms with Crippen LogP contribution in [0.1, 0.15) is 225 Å². The zero-order valence-corrected chi connectivity index (χ0v) is 51.6. The Morgan fingerprint density at radius 2 is 0.909 bits per heavy atom. The number of carbonyl (C=O) groups is 13. The fraction of sp³-hybridized carbons (Fsp3) is 0.742. The Balaban J connectivity index is 2.24. The van der Waals surface area contributed by atoms with Crippen molar-refractivity contribution in [3.05, 3.63) is 18.2 Å². The molecule has 1 heterocycles. The standard InChI is InChI=1S/C62H100N6O20/c1-2-53(72)44(22-26-48(69)27-25-47-41-63-43-66-47)19-17-18-34-64-55(74)33-30-52(62(85)86)68-57(76)32-24-46(60(81)82)40-50(71)42-88-38-37-87-36-35-65-54(73)31-23-45(59(79)80)39-49(70)28-29-51(61(83)84)67-56(75)20-15-13-11-9-7-5-3-4-6-8-10-12-14-16-21-58(77)78/h41,43-46,51-52H,2-40,42H2,1H3,(H,63,66)(H,64,74)(H,65,73)(H,67,75)(H,68,76)(H,77,78)(H,79,80)(H,81,82)(H,83,84)(H,85,86)/t44-,45-,46-,51+,52+/m1/s1. The van der Waals surface area contributed by atoms with E-state index in [1.807, 2.05) is 0 Å². The number of imidazole rings is 1. The van der Waals surface area contributed by atoms with Gasteiger partial charge in [-0.3, -0.25) is 52.7 Å². The zero-order valence-electron chi connectivity index (χ0n) is 51.6. The molecule has 5 atom stereocenters. The number of aromatic nitrogens is 2. The Morgan fingerprint density at radius 1 is 0.443 bits per heavy atom. The van der Waals surface area contributed by atoms with Gasteiger partial charge in [-0.25, -0.2) is 14.6 Å². The molecular weight excluding hydrogens is 1150 g/mol. The number of aromatic amines is 1. The van der Waals surface area contributed by atoms with E-state index in [9.17, 15) is 82.8 Å². The first-order valence-corrected chi connectivity index (χ1v) is 31.6. The highest BCUT2D eigenvalue weighted by molar-refractivity contribution is 5.88. The summed E-state index contributed by atoms with van der Waals surface area (Å²) < 4.78 is 10.7. The van der Waals surface area contributed by atoms with Crippen LogP contribution in [0.4, 0.5) is 0 Å². The van der Waals surface area contributed by atoms with Gasteiger partial charge in [0.15, 0.2) is 5.78 Å². The summed E-state index contributed by atoms with van der Waals surface area (Å²) in [5, 5.41) is 57.4. The van der Waals surface area contributed by atoms with Crippen LogP contribution in [0.2, 0.25) is 0 Å². The van der Waals surface area contributed by atoms with Gasteiger partial charge < -0.3 is 61.3 Å². The Labute approximate surface area is 516 Å². The molecule has 0 saturated carbocycles. The van der Waals surface area contributed by atoms with Crippen molar-refractivity contribution in [1.29, 1.82) is 0 Å². The van der Waals surface area contributed by atoms with E-state index in [4.69, 9.17) is 14.6 Å². The number of hydrogen-bond acceptors (Lipinski definition) is 16. The molecule has 4 amide bonds. The molecule has 88 heavy (non-hydrogen) atoms. The summed E-state index contributed by atoms with van der Waals surface area (Å²) in [6, 6.07) is -2.76. The van der Waals surface area contributed by atoms with Crippen LogP contribution in [-0.2, 0) is 78.2 Å². The van der Waals surface area contributed by atoms with E-state index in [-0.39, 0.29) is 108 Å². The quantitative estimate of drug-likeness (QED) is 0.0306. The molecule has 0 radical (unpaired) electrons. The van der Waals surface area contributed by atoms with Gasteiger partial charge in [-0.1, -0.05) is 90.4 Å². The highest BCUT2D eigenvalue weighted by atomic mass is 16.5. The molecule has 0 spiro atoms. The van der Waals surface area contributed by atoms with Crippen LogP contribution in [0.15, 0.2) is 12.5 Å². The van der Waals surface area contributed by atoms with Crippen molar-refractivity contribution in [1.82, 2.24) is 31.2 Å². The number of carboxylic acids is 5. The molecule has 498 valence electrons. The maximum Gasteiger partial charge on any atom is 0.326 e. The molecule has 0 aliphatic rings. The van der Waals surface area contributed by atoms with Crippen molar-refractivity contribution in [2.24, 2.45) is 17.8 Å². The summed E-state index contributed by atoms with van der Waals surface area (Å²) in [5.74, 6) is -12.0. The van der Waals surface area contributed by atoms with Crippen molar-refractivity contribution in [2.45, 2.75) is 237 Å². The molecule has 0 fully saturated rings. The molecule has 10 N–H and O–H groups in total.